The molecule has 0 bridgehead atoms. The molecule has 1 unspecified atom stereocenters. The first-order valence-electron chi connectivity index (χ1n) is 8.35. The van der Waals surface area contributed by atoms with Crippen molar-refractivity contribution in [2.45, 2.75) is 25.5 Å². The van der Waals surface area contributed by atoms with E-state index in [1.165, 1.54) is 23.7 Å². The summed E-state index contributed by atoms with van der Waals surface area (Å²) in [5.74, 6) is 1.12. The Kier molecular flexibility index (Phi) is 3.76. The van der Waals surface area contributed by atoms with Gasteiger partial charge in [0.15, 0.2) is 12.0 Å². The van der Waals surface area contributed by atoms with Crippen molar-refractivity contribution >= 4 is 16.7 Å². The van der Waals surface area contributed by atoms with Gasteiger partial charge in [-0.3, -0.25) is 0 Å². The number of aromatic nitrogens is 2. The molecule has 1 atom stereocenters. The van der Waals surface area contributed by atoms with Gasteiger partial charge in [-0.05, 0) is 38.4 Å². The van der Waals surface area contributed by atoms with Gasteiger partial charge in [0.2, 0.25) is 0 Å². The standard InChI is InChI=1S/C17H24N4O/c1-19-9-11-20(12-10-19)17-14-6-2-3-7-15(14)21(18-17)16-8-4-5-13-22-16/h2-3,6-7,16H,4-5,8-13H2,1H3. The van der Waals surface area contributed by atoms with Crippen LogP contribution in [0.25, 0.3) is 10.9 Å². The van der Waals surface area contributed by atoms with E-state index in [1.807, 2.05) is 0 Å². The summed E-state index contributed by atoms with van der Waals surface area (Å²) in [5, 5.41) is 6.21. The van der Waals surface area contributed by atoms with Gasteiger partial charge in [0.05, 0.1) is 5.52 Å². The Balaban J connectivity index is 1.72. The van der Waals surface area contributed by atoms with Crippen molar-refractivity contribution in [1.82, 2.24) is 14.7 Å². The number of nitrogens with zero attached hydrogens (tertiary/aromatic N) is 4. The molecular formula is C17H24N4O. The van der Waals surface area contributed by atoms with Crippen LogP contribution in [0.5, 0.6) is 0 Å². The van der Waals surface area contributed by atoms with E-state index in [2.05, 4.69) is 45.8 Å². The Morgan fingerprint density at radius 3 is 2.68 bits per heavy atom. The summed E-state index contributed by atoms with van der Waals surface area (Å²) in [6.07, 6.45) is 3.55. The van der Waals surface area contributed by atoms with Crippen LogP contribution in [0.2, 0.25) is 0 Å². The zero-order valence-corrected chi connectivity index (χ0v) is 13.2. The lowest BCUT2D eigenvalue weighted by Gasteiger charge is -2.32. The zero-order valence-electron chi connectivity index (χ0n) is 13.2. The average Bonchev–Trinajstić information content (AvgIpc) is 2.96. The third-order valence-corrected chi connectivity index (χ3v) is 4.83. The molecule has 5 nitrogen and oxygen atoms in total. The molecule has 5 heteroatoms. The minimum atomic E-state index is 0.0971. The summed E-state index contributed by atoms with van der Waals surface area (Å²) in [7, 11) is 2.18. The van der Waals surface area contributed by atoms with E-state index in [0.717, 1.165) is 45.0 Å². The second-order valence-electron chi connectivity index (χ2n) is 6.40. The fourth-order valence-electron chi connectivity index (χ4n) is 3.46. The van der Waals surface area contributed by atoms with Crippen LogP contribution >= 0.6 is 0 Å². The lowest BCUT2D eigenvalue weighted by atomic mass is 10.2. The molecular weight excluding hydrogens is 276 g/mol. The fourth-order valence-corrected chi connectivity index (χ4v) is 3.46. The van der Waals surface area contributed by atoms with Crippen molar-refractivity contribution < 1.29 is 4.74 Å². The fraction of sp³-hybridized carbons (Fsp3) is 0.588. The van der Waals surface area contributed by atoms with Crippen LogP contribution in [-0.2, 0) is 4.74 Å². The first-order valence-corrected chi connectivity index (χ1v) is 8.35. The summed E-state index contributed by atoms with van der Waals surface area (Å²) in [4.78, 5) is 4.79. The van der Waals surface area contributed by atoms with E-state index in [4.69, 9.17) is 9.84 Å². The number of fused-ring (bicyclic) bond motifs is 1. The number of para-hydroxylation sites is 1. The van der Waals surface area contributed by atoms with Crippen LogP contribution < -0.4 is 4.90 Å². The molecule has 4 rings (SSSR count). The normalized spacial score (nSPS) is 24.0. The van der Waals surface area contributed by atoms with Gasteiger partial charge in [-0.15, -0.1) is 0 Å². The van der Waals surface area contributed by atoms with Crippen LogP contribution in [0.1, 0.15) is 25.5 Å². The van der Waals surface area contributed by atoms with Gasteiger partial charge in [-0.2, -0.15) is 5.10 Å². The predicted octanol–water partition coefficient (Wildman–Crippen LogP) is 2.49. The Morgan fingerprint density at radius 2 is 1.91 bits per heavy atom. The molecule has 22 heavy (non-hydrogen) atoms. The third-order valence-electron chi connectivity index (χ3n) is 4.83. The van der Waals surface area contributed by atoms with Crippen molar-refractivity contribution in [3.8, 4) is 0 Å². The van der Waals surface area contributed by atoms with Gasteiger partial charge in [-0.25, -0.2) is 4.68 Å². The van der Waals surface area contributed by atoms with Crippen molar-refractivity contribution in [2.24, 2.45) is 0 Å². The molecule has 2 aliphatic heterocycles. The molecule has 0 radical (unpaired) electrons. The summed E-state index contributed by atoms with van der Waals surface area (Å²) in [6, 6.07) is 8.56. The smallest absolute Gasteiger partial charge is 0.158 e. The first kappa shape index (κ1) is 14.0. The second-order valence-corrected chi connectivity index (χ2v) is 6.40. The van der Waals surface area contributed by atoms with E-state index in [9.17, 15) is 0 Å². The van der Waals surface area contributed by atoms with Gasteiger partial charge in [0.1, 0.15) is 0 Å². The number of rotatable bonds is 2. The van der Waals surface area contributed by atoms with Gasteiger partial charge < -0.3 is 14.5 Å². The summed E-state index contributed by atoms with van der Waals surface area (Å²) in [5.41, 5.74) is 1.20. The van der Waals surface area contributed by atoms with E-state index in [1.54, 1.807) is 0 Å². The topological polar surface area (TPSA) is 33.5 Å². The maximum Gasteiger partial charge on any atom is 0.158 e. The number of benzene rings is 1. The Morgan fingerprint density at radius 1 is 1.09 bits per heavy atom. The summed E-state index contributed by atoms with van der Waals surface area (Å²) >= 11 is 0. The minimum Gasteiger partial charge on any atom is -0.356 e. The maximum absolute atomic E-state index is 5.96. The molecule has 0 amide bonds. The highest BCUT2D eigenvalue weighted by molar-refractivity contribution is 5.90. The van der Waals surface area contributed by atoms with Crippen molar-refractivity contribution in [2.75, 3.05) is 44.7 Å². The van der Waals surface area contributed by atoms with Gasteiger partial charge >= 0.3 is 0 Å². The number of likely N-dealkylation sites (N-methyl/N-ethyl adjacent to an activating group) is 1. The highest BCUT2D eigenvalue weighted by Crippen LogP contribution is 2.32. The lowest BCUT2D eigenvalue weighted by Crippen LogP contribution is -2.44. The molecule has 118 valence electrons. The van der Waals surface area contributed by atoms with E-state index >= 15 is 0 Å². The summed E-state index contributed by atoms with van der Waals surface area (Å²) < 4.78 is 8.08. The molecule has 3 heterocycles. The molecule has 2 aromatic rings. The average molecular weight is 300 g/mol. The van der Waals surface area contributed by atoms with E-state index in [0.29, 0.717) is 0 Å². The maximum atomic E-state index is 5.96. The zero-order chi connectivity index (χ0) is 14.9. The molecule has 1 aromatic carbocycles. The lowest BCUT2D eigenvalue weighted by molar-refractivity contribution is -0.0365. The van der Waals surface area contributed by atoms with Crippen LogP contribution in [0.3, 0.4) is 0 Å². The van der Waals surface area contributed by atoms with E-state index < -0.39 is 0 Å². The van der Waals surface area contributed by atoms with Crippen LogP contribution in [0, 0.1) is 0 Å². The van der Waals surface area contributed by atoms with Gasteiger partial charge in [-0.1, -0.05) is 12.1 Å². The highest BCUT2D eigenvalue weighted by atomic mass is 16.5. The molecule has 0 saturated carbocycles. The van der Waals surface area contributed by atoms with Crippen LogP contribution in [0.15, 0.2) is 24.3 Å². The van der Waals surface area contributed by atoms with Crippen LogP contribution in [0.4, 0.5) is 5.82 Å². The van der Waals surface area contributed by atoms with E-state index in [-0.39, 0.29) is 6.23 Å². The van der Waals surface area contributed by atoms with Crippen LogP contribution in [-0.4, -0.2) is 54.5 Å². The molecule has 0 N–H and O–H groups in total. The quantitative estimate of drug-likeness (QED) is 0.853. The first-order chi connectivity index (χ1) is 10.8. The Bertz CT molecular complexity index is 639. The molecule has 0 aliphatic carbocycles. The number of piperazine rings is 1. The minimum absolute atomic E-state index is 0.0971. The number of ether oxygens (including phenoxy) is 1. The number of hydrogen-bond donors (Lipinski definition) is 0. The second kappa shape index (κ2) is 5.89. The predicted molar refractivity (Wildman–Crippen MR) is 88.3 cm³/mol. The highest BCUT2D eigenvalue weighted by Gasteiger charge is 2.24. The molecule has 2 fully saturated rings. The molecule has 1 aromatic heterocycles. The van der Waals surface area contributed by atoms with Gasteiger partial charge in [0.25, 0.3) is 0 Å². The Labute approximate surface area is 131 Å². The van der Waals surface area contributed by atoms with Crippen molar-refractivity contribution in [1.29, 1.82) is 0 Å². The SMILES string of the molecule is CN1CCN(c2nn(C3CCCCO3)c3ccccc23)CC1. The molecule has 2 aliphatic rings. The number of anilines is 1. The number of hydrogen-bond acceptors (Lipinski definition) is 4. The van der Waals surface area contributed by atoms with Crippen molar-refractivity contribution in [3.63, 3.8) is 0 Å². The Hall–Kier alpha value is -1.59. The molecule has 2 saturated heterocycles. The third kappa shape index (κ3) is 2.48. The molecule has 0 spiro atoms. The summed E-state index contributed by atoms with van der Waals surface area (Å²) in [6.45, 7) is 5.14. The largest absolute Gasteiger partial charge is 0.356 e. The van der Waals surface area contributed by atoms with Gasteiger partial charge in [0, 0.05) is 38.2 Å². The monoisotopic (exact) mass is 300 g/mol. The van der Waals surface area contributed by atoms with Crippen molar-refractivity contribution in [3.05, 3.63) is 24.3 Å².